The molecule has 0 unspecified atom stereocenters. The van der Waals surface area contributed by atoms with Crippen LogP contribution in [0.1, 0.15) is 38.8 Å². The SMILES string of the molecule is CC(C)/C=C/c1ccc(CN2C[C@@H](C)O[C@@H](C)C2)cc1. The molecular formula is C18H27NO. The summed E-state index contributed by atoms with van der Waals surface area (Å²) >= 11 is 0. The molecule has 1 heterocycles. The van der Waals surface area contributed by atoms with Crippen LogP contribution in [0.4, 0.5) is 0 Å². The van der Waals surface area contributed by atoms with Crippen LogP contribution in [0.2, 0.25) is 0 Å². The molecule has 0 aliphatic carbocycles. The Bertz CT molecular complexity index is 425. The van der Waals surface area contributed by atoms with Gasteiger partial charge in [0.15, 0.2) is 0 Å². The predicted molar refractivity (Wildman–Crippen MR) is 85.6 cm³/mol. The Labute approximate surface area is 123 Å². The van der Waals surface area contributed by atoms with Gasteiger partial charge in [0.05, 0.1) is 12.2 Å². The minimum absolute atomic E-state index is 0.340. The highest BCUT2D eigenvalue weighted by Gasteiger charge is 2.21. The zero-order valence-corrected chi connectivity index (χ0v) is 13.2. The van der Waals surface area contributed by atoms with Crippen molar-refractivity contribution < 1.29 is 4.74 Å². The van der Waals surface area contributed by atoms with Crippen molar-refractivity contribution in [1.82, 2.24) is 4.90 Å². The van der Waals surface area contributed by atoms with Crippen LogP contribution in [-0.4, -0.2) is 30.2 Å². The molecule has 2 heteroatoms. The molecule has 2 nitrogen and oxygen atoms in total. The molecule has 110 valence electrons. The highest BCUT2D eigenvalue weighted by Crippen LogP contribution is 2.15. The molecule has 0 spiro atoms. The number of hydrogen-bond donors (Lipinski definition) is 0. The van der Waals surface area contributed by atoms with Gasteiger partial charge in [0.2, 0.25) is 0 Å². The zero-order valence-electron chi connectivity index (χ0n) is 13.2. The van der Waals surface area contributed by atoms with E-state index in [9.17, 15) is 0 Å². The molecule has 1 aliphatic rings. The maximum Gasteiger partial charge on any atom is 0.0678 e. The van der Waals surface area contributed by atoms with E-state index in [0.29, 0.717) is 18.1 Å². The number of nitrogens with zero attached hydrogens (tertiary/aromatic N) is 1. The number of rotatable bonds is 4. The highest BCUT2D eigenvalue weighted by molar-refractivity contribution is 5.49. The molecule has 0 aromatic heterocycles. The molecule has 2 atom stereocenters. The van der Waals surface area contributed by atoms with Crippen molar-refractivity contribution in [2.75, 3.05) is 13.1 Å². The number of ether oxygens (including phenoxy) is 1. The number of benzene rings is 1. The number of morpholine rings is 1. The van der Waals surface area contributed by atoms with Crippen molar-refractivity contribution in [3.63, 3.8) is 0 Å². The van der Waals surface area contributed by atoms with Crippen LogP contribution in [0.5, 0.6) is 0 Å². The lowest BCUT2D eigenvalue weighted by Gasteiger charge is -2.35. The molecule has 0 N–H and O–H groups in total. The van der Waals surface area contributed by atoms with Crippen LogP contribution < -0.4 is 0 Å². The Morgan fingerprint density at radius 2 is 1.75 bits per heavy atom. The first-order valence-electron chi connectivity index (χ1n) is 7.68. The monoisotopic (exact) mass is 273 g/mol. The van der Waals surface area contributed by atoms with Crippen LogP contribution in [0.25, 0.3) is 6.08 Å². The quantitative estimate of drug-likeness (QED) is 0.823. The van der Waals surface area contributed by atoms with Crippen LogP contribution in [0.3, 0.4) is 0 Å². The summed E-state index contributed by atoms with van der Waals surface area (Å²) in [5.41, 5.74) is 2.67. The first kappa shape index (κ1) is 15.3. The molecule has 1 saturated heterocycles. The third-order valence-corrected chi connectivity index (χ3v) is 3.55. The largest absolute Gasteiger partial charge is 0.373 e. The molecule has 0 saturated carbocycles. The van der Waals surface area contributed by atoms with E-state index in [4.69, 9.17) is 4.74 Å². The van der Waals surface area contributed by atoms with Crippen LogP contribution in [0, 0.1) is 5.92 Å². The Kier molecular flexibility index (Phi) is 5.38. The average molecular weight is 273 g/mol. The first-order chi connectivity index (χ1) is 9.52. The Hall–Kier alpha value is -1.12. The summed E-state index contributed by atoms with van der Waals surface area (Å²) in [6.07, 6.45) is 5.12. The molecule has 2 rings (SSSR count). The summed E-state index contributed by atoms with van der Waals surface area (Å²) in [6.45, 7) is 11.8. The van der Waals surface area contributed by atoms with Gasteiger partial charge in [0, 0.05) is 19.6 Å². The van der Waals surface area contributed by atoms with E-state index in [-0.39, 0.29) is 0 Å². The number of hydrogen-bond acceptors (Lipinski definition) is 2. The maximum absolute atomic E-state index is 5.78. The first-order valence-corrected chi connectivity index (χ1v) is 7.68. The second-order valence-electron chi connectivity index (χ2n) is 6.30. The fraction of sp³-hybridized carbons (Fsp3) is 0.556. The topological polar surface area (TPSA) is 12.5 Å². The van der Waals surface area contributed by atoms with E-state index in [1.807, 2.05) is 0 Å². The van der Waals surface area contributed by atoms with Crippen molar-refractivity contribution in [2.24, 2.45) is 5.92 Å². The molecule has 0 bridgehead atoms. The van der Waals surface area contributed by atoms with E-state index in [2.05, 4.69) is 69.0 Å². The van der Waals surface area contributed by atoms with Crippen molar-refractivity contribution in [1.29, 1.82) is 0 Å². The van der Waals surface area contributed by atoms with Crippen LogP contribution >= 0.6 is 0 Å². The molecule has 0 radical (unpaired) electrons. The lowest BCUT2D eigenvalue weighted by molar-refractivity contribution is -0.0704. The molecule has 0 amide bonds. The van der Waals surface area contributed by atoms with Gasteiger partial charge in [-0.1, -0.05) is 50.3 Å². The lowest BCUT2D eigenvalue weighted by atomic mass is 10.1. The van der Waals surface area contributed by atoms with Gasteiger partial charge in [0.25, 0.3) is 0 Å². The molecule has 1 fully saturated rings. The van der Waals surface area contributed by atoms with Crippen molar-refractivity contribution in [3.8, 4) is 0 Å². The van der Waals surface area contributed by atoms with E-state index in [1.54, 1.807) is 0 Å². The van der Waals surface area contributed by atoms with Gasteiger partial charge in [-0.05, 0) is 30.9 Å². The molecule has 1 aromatic carbocycles. The van der Waals surface area contributed by atoms with Crippen LogP contribution in [-0.2, 0) is 11.3 Å². The third-order valence-electron chi connectivity index (χ3n) is 3.55. The Morgan fingerprint density at radius 1 is 1.15 bits per heavy atom. The fourth-order valence-corrected chi connectivity index (χ4v) is 2.71. The van der Waals surface area contributed by atoms with Gasteiger partial charge < -0.3 is 4.74 Å². The van der Waals surface area contributed by atoms with Crippen molar-refractivity contribution >= 4 is 6.08 Å². The van der Waals surface area contributed by atoms with Gasteiger partial charge in [-0.15, -0.1) is 0 Å². The Morgan fingerprint density at radius 3 is 2.30 bits per heavy atom. The molecule has 1 aliphatic heterocycles. The third kappa shape index (κ3) is 4.77. The second-order valence-corrected chi connectivity index (χ2v) is 6.30. The maximum atomic E-state index is 5.78. The van der Waals surface area contributed by atoms with Gasteiger partial charge >= 0.3 is 0 Å². The summed E-state index contributed by atoms with van der Waals surface area (Å²) in [5, 5.41) is 0. The van der Waals surface area contributed by atoms with E-state index in [0.717, 1.165) is 19.6 Å². The molecular weight excluding hydrogens is 246 g/mol. The minimum Gasteiger partial charge on any atom is -0.373 e. The predicted octanol–water partition coefficient (Wildman–Crippen LogP) is 3.97. The van der Waals surface area contributed by atoms with E-state index >= 15 is 0 Å². The van der Waals surface area contributed by atoms with Crippen molar-refractivity contribution in [3.05, 3.63) is 41.5 Å². The van der Waals surface area contributed by atoms with Gasteiger partial charge in [0.1, 0.15) is 0 Å². The average Bonchev–Trinajstić information content (AvgIpc) is 2.36. The van der Waals surface area contributed by atoms with Gasteiger partial charge in [-0.3, -0.25) is 4.90 Å². The zero-order chi connectivity index (χ0) is 14.5. The normalized spacial score (nSPS) is 24.6. The smallest absolute Gasteiger partial charge is 0.0678 e. The summed E-state index contributed by atoms with van der Waals surface area (Å²) in [4.78, 5) is 2.48. The summed E-state index contributed by atoms with van der Waals surface area (Å²) < 4.78 is 5.78. The van der Waals surface area contributed by atoms with E-state index in [1.165, 1.54) is 11.1 Å². The Balaban J connectivity index is 1.93. The second kappa shape index (κ2) is 7.05. The van der Waals surface area contributed by atoms with Gasteiger partial charge in [-0.25, -0.2) is 0 Å². The van der Waals surface area contributed by atoms with Crippen molar-refractivity contribution in [2.45, 2.75) is 46.4 Å². The lowest BCUT2D eigenvalue weighted by Crippen LogP contribution is -2.44. The highest BCUT2D eigenvalue weighted by atomic mass is 16.5. The standard InChI is InChI=1S/C18H27NO/c1-14(2)5-6-17-7-9-18(10-8-17)13-19-11-15(3)20-16(4)12-19/h5-10,14-16H,11-13H2,1-4H3/b6-5+/t15-,16+. The minimum atomic E-state index is 0.340. The molecule has 1 aromatic rings. The summed E-state index contributed by atoms with van der Waals surface area (Å²) in [6, 6.07) is 8.90. The molecule has 20 heavy (non-hydrogen) atoms. The van der Waals surface area contributed by atoms with Crippen LogP contribution in [0.15, 0.2) is 30.3 Å². The fourth-order valence-electron chi connectivity index (χ4n) is 2.71. The van der Waals surface area contributed by atoms with E-state index < -0.39 is 0 Å². The number of allylic oxidation sites excluding steroid dienone is 1. The van der Waals surface area contributed by atoms with Gasteiger partial charge in [-0.2, -0.15) is 0 Å². The summed E-state index contributed by atoms with van der Waals surface area (Å²) in [7, 11) is 0. The summed E-state index contributed by atoms with van der Waals surface area (Å²) in [5.74, 6) is 0.603.